The Morgan fingerprint density at radius 2 is 2.00 bits per heavy atom. The largest absolute Gasteiger partial charge is 0.496 e. The maximum Gasteiger partial charge on any atom is 0.210 e. The monoisotopic (exact) mass is 375 g/mol. The van der Waals surface area contributed by atoms with E-state index in [-0.39, 0.29) is 5.41 Å². The third-order valence-electron chi connectivity index (χ3n) is 3.57. The van der Waals surface area contributed by atoms with Crippen LogP contribution in [-0.2, 0) is 11.2 Å². The van der Waals surface area contributed by atoms with E-state index < -0.39 is 0 Å². The lowest BCUT2D eigenvalue weighted by molar-refractivity contribution is 0.416. The summed E-state index contributed by atoms with van der Waals surface area (Å²) in [7, 11) is 1.67. The Hall–Kier alpha value is -2.06. The Kier molecular flexibility index (Phi) is 5.01. The summed E-state index contributed by atoms with van der Waals surface area (Å²) in [5, 5.41) is 12.1. The van der Waals surface area contributed by atoms with Gasteiger partial charge >= 0.3 is 0 Å². The van der Waals surface area contributed by atoms with Crippen LogP contribution in [0.15, 0.2) is 34.8 Å². The highest BCUT2D eigenvalue weighted by molar-refractivity contribution is 7.98. The molecule has 25 heavy (non-hydrogen) atoms. The van der Waals surface area contributed by atoms with Gasteiger partial charge in [-0.1, -0.05) is 44.7 Å². The number of hydrogen-bond acceptors (Lipinski definition) is 7. The minimum atomic E-state index is -0.141. The fraction of sp³-hybridized carbons (Fsp3) is 0.353. The van der Waals surface area contributed by atoms with Gasteiger partial charge in [0.05, 0.1) is 18.4 Å². The van der Waals surface area contributed by atoms with Crippen LogP contribution in [0.3, 0.4) is 0 Å². The molecular weight excluding hydrogens is 354 g/mol. The second-order valence-electron chi connectivity index (χ2n) is 6.56. The van der Waals surface area contributed by atoms with Gasteiger partial charge in [0.1, 0.15) is 10.8 Å². The summed E-state index contributed by atoms with van der Waals surface area (Å²) >= 11 is 3.14. The molecule has 1 aromatic carbocycles. The molecule has 0 amide bonds. The van der Waals surface area contributed by atoms with Crippen LogP contribution in [0.2, 0.25) is 0 Å². The van der Waals surface area contributed by atoms with E-state index in [4.69, 9.17) is 15.6 Å². The molecular formula is C17H21N5OS2. The van der Waals surface area contributed by atoms with Crippen LogP contribution in [-0.4, -0.2) is 27.0 Å². The Bertz CT molecular complexity index is 866. The number of nitrogens with zero attached hydrogens (tertiary/aromatic N) is 4. The molecule has 2 aromatic heterocycles. The van der Waals surface area contributed by atoms with E-state index in [0.717, 1.165) is 27.8 Å². The second kappa shape index (κ2) is 7.05. The molecule has 0 aliphatic carbocycles. The number of para-hydroxylation sites is 1. The summed E-state index contributed by atoms with van der Waals surface area (Å²) in [4.78, 5) is 4.71. The molecule has 0 saturated carbocycles. The SMILES string of the molecule is COc1ccccc1-c1nc(CSc2nnc(C(C)(C)C)n2N)cs1. The number of hydrogen-bond donors (Lipinski definition) is 1. The zero-order chi connectivity index (χ0) is 18.0. The van der Waals surface area contributed by atoms with E-state index in [9.17, 15) is 0 Å². The van der Waals surface area contributed by atoms with Gasteiger partial charge in [-0.3, -0.25) is 0 Å². The second-order valence-corrected chi connectivity index (χ2v) is 8.36. The average Bonchev–Trinajstić information content (AvgIpc) is 3.19. The summed E-state index contributed by atoms with van der Waals surface area (Å²) in [6.45, 7) is 6.19. The molecule has 3 aromatic rings. The van der Waals surface area contributed by atoms with Crippen LogP contribution in [0.5, 0.6) is 5.75 Å². The maximum absolute atomic E-state index is 6.12. The van der Waals surface area contributed by atoms with E-state index in [1.807, 2.05) is 24.3 Å². The molecule has 8 heteroatoms. The first-order chi connectivity index (χ1) is 11.9. The van der Waals surface area contributed by atoms with E-state index >= 15 is 0 Å². The lowest BCUT2D eigenvalue weighted by atomic mass is 9.96. The number of aromatic nitrogens is 4. The molecule has 0 fully saturated rings. The lowest BCUT2D eigenvalue weighted by Gasteiger charge is -2.16. The maximum atomic E-state index is 6.12. The van der Waals surface area contributed by atoms with Crippen LogP contribution in [0.4, 0.5) is 0 Å². The number of nitrogen functional groups attached to an aromatic ring is 1. The molecule has 6 nitrogen and oxygen atoms in total. The molecule has 2 heterocycles. The number of rotatable bonds is 5. The first kappa shape index (κ1) is 17.8. The van der Waals surface area contributed by atoms with Crippen molar-refractivity contribution in [1.29, 1.82) is 0 Å². The summed E-state index contributed by atoms with van der Waals surface area (Å²) in [5.74, 6) is 8.40. The minimum Gasteiger partial charge on any atom is -0.496 e. The van der Waals surface area contributed by atoms with Crippen molar-refractivity contribution < 1.29 is 4.74 Å². The van der Waals surface area contributed by atoms with Crippen molar-refractivity contribution in [3.63, 3.8) is 0 Å². The van der Waals surface area contributed by atoms with Gasteiger partial charge < -0.3 is 10.6 Å². The number of nitrogens with two attached hydrogens (primary N) is 1. The predicted molar refractivity (Wildman–Crippen MR) is 103 cm³/mol. The zero-order valence-corrected chi connectivity index (χ0v) is 16.3. The van der Waals surface area contributed by atoms with Crippen LogP contribution < -0.4 is 10.6 Å². The van der Waals surface area contributed by atoms with Crippen molar-refractivity contribution in [3.8, 4) is 16.3 Å². The molecule has 3 rings (SSSR count). The highest BCUT2D eigenvalue weighted by Crippen LogP contribution is 2.33. The van der Waals surface area contributed by atoms with E-state index in [0.29, 0.717) is 10.9 Å². The fourth-order valence-electron chi connectivity index (χ4n) is 2.34. The smallest absolute Gasteiger partial charge is 0.210 e. The number of benzene rings is 1. The van der Waals surface area contributed by atoms with Crippen LogP contribution in [0.1, 0.15) is 32.3 Å². The van der Waals surface area contributed by atoms with E-state index in [1.165, 1.54) is 11.8 Å². The lowest BCUT2D eigenvalue weighted by Crippen LogP contribution is -2.24. The molecule has 2 N–H and O–H groups in total. The molecule has 0 aliphatic heterocycles. The van der Waals surface area contributed by atoms with Crippen molar-refractivity contribution in [2.45, 2.75) is 37.1 Å². The summed E-state index contributed by atoms with van der Waals surface area (Å²) in [6.07, 6.45) is 0. The molecule has 0 atom stereocenters. The molecule has 0 spiro atoms. The van der Waals surface area contributed by atoms with Crippen LogP contribution >= 0.6 is 23.1 Å². The van der Waals surface area contributed by atoms with Crippen molar-refractivity contribution >= 4 is 23.1 Å². The van der Waals surface area contributed by atoms with Gasteiger partial charge in [-0.25, -0.2) is 9.66 Å². The summed E-state index contributed by atoms with van der Waals surface area (Å²) in [6, 6.07) is 7.89. The zero-order valence-electron chi connectivity index (χ0n) is 14.7. The highest BCUT2D eigenvalue weighted by atomic mass is 32.2. The normalized spacial score (nSPS) is 11.7. The van der Waals surface area contributed by atoms with Crippen molar-refractivity contribution in [3.05, 3.63) is 41.2 Å². The first-order valence-corrected chi connectivity index (χ1v) is 9.68. The van der Waals surface area contributed by atoms with Crippen molar-refractivity contribution in [2.24, 2.45) is 0 Å². The van der Waals surface area contributed by atoms with Crippen molar-refractivity contribution in [2.75, 3.05) is 13.0 Å². The molecule has 132 valence electrons. The standard InChI is InChI=1S/C17H21N5OS2/c1-17(2,3)15-20-21-16(22(15)18)25-10-11-9-24-14(19-11)12-7-5-6-8-13(12)23-4/h5-9H,10,18H2,1-4H3. The van der Waals surface area contributed by atoms with Gasteiger partial charge in [0.15, 0.2) is 5.82 Å². The van der Waals surface area contributed by atoms with E-state index in [2.05, 4.69) is 36.3 Å². The Labute approximate surface area is 155 Å². The topological polar surface area (TPSA) is 78.9 Å². The van der Waals surface area contributed by atoms with Gasteiger partial charge in [0.2, 0.25) is 5.16 Å². The fourth-order valence-corrected chi connectivity index (χ4v) is 4.05. The Morgan fingerprint density at radius 1 is 1.24 bits per heavy atom. The molecule has 0 radical (unpaired) electrons. The summed E-state index contributed by atoms with van der Waals surface area (Å²) in [5.41, 5.74) is 1.84. The van der Waals surface area contributed by atoms with Crippen molar-refractivity contribution in [1.82, 2.24) is 19.9 Å². The van der Waals surface area contributed by atoms with Gasteiger partial charge in [0, 0.05) is 16.5 Å². The quantitative estimate of drug-likeness (QED) is 0.541. The number of thiazole rings is 1. The predicted octanol–water partition coefficient (Wildman–Crippen LogP) is 3.71. The Balaban J connectivity index is 1.74. The number of methoxy groups -OCH3 is 1. The van der Waals surface area contributed by atoms with Gasteiger partial charge in [0.25, 0.3) is 0 Å². The van der Waals surface area contributed by atoms with Gasteiger partial charge in [-0.05, 0) is 12.1 Å². The molecule has 0 aliphatic rings. The van der Waals surface area contributed by atoms with E-state index in [1.54, 1.807) is 23.1 Å². The van der Waals surface area contributed by atoms with Gasteiger partial charge in [-0.2, -0.15) is 0 Å². The third kappa shape index (κ3) is 3.80. The minimum absolute atomic E-state index is 0.141. The summed E-state index contributed by atoms with van der Waals surface area (Å²) < 4.78 is 6.98. The van der Waals surface area contributed by atoms with Crippen LogP contribution in [0.25, 0.3) is 10.6 Å². The van der Waals surface area contributed by atoms with Gasteiger partial charge in [-0.15, -0.1) is 21.5 Å². The van der Waals surface area contributed by atoms with Crippen LogP contribution in [0, 0.1) is 0 Å². The molecule has 0 saturated heterocycles. The average molecular weight is 376 g/mol. The third-order valence-corrected chi connectivity index (χ3v) is 5.47. The number of thioether (sulfide) groups is 1. The molecule has 0 unspecified atom stereocenters. The number of ether oxygens (including phenoxy) is 1. The Morgan fingerprint density at radius 3 is 2.68 bits per heavy atom. The highest BCUT2D eigenvalue weighted by Gasteiger charge is 2.23. The first-order valence-electron chi connectivity index (χ1n) is 7.81. The molecule has 0 bridgehead atoms.